The molecule has 21 heteroatoms. The number of carbonyl (C=O) groups is 2. The van der Waals surface area contributed by atoms with Crippen LogP contribution >= 0.6 is 0 Å². The number of nitriles is 2. The summed E-state index contributed by atoms with van der Waals surface area (Å²) in [4.78, 5) is 26.2. The molecule has 2 saturated heterocycles. The second-order valence-electron chi connectivity index (χ2n) is 16.2. The Morgan fingerprint density at radius 2 is 1.07 bits per heavy atom. The molecule has 0 radical (unpaired) electrons. The van der Waals surface area contributed by atoms with Gasteiger partial charge in [0.2, 0.25) is 0 Å². The molecule has 2 fully saturated rings. The van der Waals surface area contributed by atoms with Gasteiger partial charge in [-0.15, -0.1) is 0 Å². The van der Waals surface area contributed by atoms with Gasteiger partial charge < -0.3 is 19.3 Å². The molecular formula is C39H54BF9N4O6Si. The SMILES string of the molecule is CC(C)(C)OC(=O)N1C[C@@H](c2c(F)ccc(F)c2F)CC1C#N.CC(C)(C)OC(=O)N1C[C@@H](c2c(F)ccc(F)c2F)CC1O.CCOCC.C[Si](C)(C)C#N.FB(F)F. The Hall–Kier alpha value is -4.47. The Kier molecular flexibility index (Phi) is 22.9. The average Bonchev–Trinajstić information content (AvgIpc) is 3.71. The molecule has 2 heterocycles. The quantitative estimate of drug-likeness (QED) is 0.182. The van der Waals surface area contributed by atoms with E-state index in [0.717, 1.165) is 35.1 Å². The highest BCUT2D eigenvalue weighted by Crippen LogP contribution is 2.37. The molecule has 2 aromatic carbocycles. The first-order chi connectivity index (χ1) is 27.4. The van der Waals surface area contributed by atoms with Gasteiger partial charge in [0.05, 0.1) is 6.07 Å². The number of hydrogen-bond donors (Lipinski definition) is 1. The zero-order chi connectivity index (χ0) is 46.9. The number of ether oxygens (including phenoxy) is 3. The van der Waals surface area contributed by atoms with Gasteiger partial charge in [-0.25, -0.2) is 41.2 Å². The van der Waals surface area contributed by atoms with Crippen LogP contribution in [0.25, 0.3) is 0 Å². The van der Waals surface area contributed by atoms with Crippen LogP contribution in [0.15, 0.2) is 24.3 Å². The maximum atomic E-state index is 13.9. The summed E-state index contributed by atoms with van der Waals surface area (Å²) in [6.45, 7) is 21.5. The smallest absolute Gasteiger partial charge is 0.444 e. The van der Waals surface area contributed by atoms with Crippen LogP contribution in [0, 0.1) is 57.2 Å². The predicted molar refractivity (Wildman–Crippen MR) is 209 cm³/mol. The van der Waals surface area contributed by atoms with Crippen molar-refractivity contribution in [2.24, 2.45) is 0 Å². The molecule has 4 atom stereocenters. The first-order valence-electron chi connectivity index (χ1n) is 18.7. The molecule has 60 heavy (non-hydrogen) atoms. The molecule has 0 saturated carbocycles. The van der Waals surface area contributed by atoms with Gasteiger partial charge in [0.25, 0.3) is 0 Å². The molecule has 10 nitrogen and oxygen atoms in total. The number of aliphatic hydroxyl groups is 1. The third kappa shape index (κ3) is 19.7. The van der Waals surface area contributed by atoms with Gasteiger partial charge in [0.1, 0.15) is 35.1 Å². The van der Waals surface area contributed by atoms with E-state index in [1.54, 1.807) is 41.5 Å². The number of rotatable bonds is 4. The van der Waals surface area contributed by atoms with Crippen LogP contribution < -0.4 is 0 Å². The van der Waals surface area contributed by atoms with Gasteiger partial charge in [-0.3, -0.25) is 22.7 Å². The third-order valence-corrected chi connectivity index (χ3v) is 8.37. The summed E-state index contributed by atoms with van der Waals surface area (Å²) >= 11 is 0. The Morgan fingerprint density at radius 1 is 0.733 bits per heavy atom. The standard InChI is InChI=1S/C16H17F3N2O2.C15H18F3NO3.C4H9NSi.C4H10O.BF3/c1-16(2,3)23-15(22)21-8-9(6-10(21)7-20)13-11(17)4-5-12(18)14(13)19;1-15(2,3)22-14(21)19-7-8(6-11(19)20)12-9(16)4-5-10(17)13(12)18;1-6(2,3)4-5;1-3-5-4-2;2-1(3)4/h4-5,9-10H,6,8H2,1-3H3;4-5,8,11,20H,6-7H2,1-3H3;1-3H3;3-4H2,1-2H3;/t9-,10?;8-,11?;;;/m00.../s1. The third-order valence-electron chi connectivity index (χ3n) is 7.70. The fourth-order valence-corrected chi connectivity index (χ4v) is 5.27. The summed E-state index contributed by atoms with van der Waals surface area (Å²) in [5.74, 6) is -8.33. The molecule has 2 aliphatic heterocycles. The highest BCUT2D eigenvalue weighted by molar-refractivity contribution is 6.83. The van der Waals surface area contributed by atoms with Crippen molar-refractivity contribution in [1.29, 1.82) is 10.5 Å². The number of benzene rings is 2. The Balaban J connectivity index is 0.000000869. The zero-order valence-electron chi connectivity index (χ0n) is 35.6. The predicted octanol–water partition coefficient (Wildman–Crippen LogP) is 10.2. The van der Waals surface area contributed by atoms with Crippen molar-refractivity contribution in [3.05, 3.63) is 70.3 Å². The lowest BCUT2D eigenvalue weighted by Crippen LogP contribution is -2.39. The summed E-state index contributed by atoms with van der Waals surface area (Å²) in [6, 6.07) is 4.12. The lowest BCUT2D eigenvalue weighted by atomic mass is 9.95. The van der Waals surface area contributed by atoms with E-state index in [4.69, 9.17) is 19.5 Å². The van der Waals surface area contributed by atoms with E-state index >= 15 is 0 Å². The van der Waals surface area contributed by atoms with Crippen LogP contribution in [0.2, 0.25) is 19.6 Å². The first-order valence-corrected chi connectivity index (χ1v) is 22.2. The summed E-state index contributed by atoms with van der Waals surface area (Å²) in [7, 11) is -4.99. The number of halogens is 9. The summed E-state index contributed by atoms with van der Waals surface area (Å²) in [5, 5.41) is 27.3. The van der Waals surface area contributed by atoms with E-state index in [-0.39, 0.29) is 25.9 Å². The van der Waals surface area contributed by atoms with Crippen LogP contribution in [0.5, 0.6) is 0 Å². The van der Waals surface area contributed by atoms with Crippen molar-refractivity contribution in [1.82, 2.24) is 9.80 Å². The summed E-state index contributed by atoms with van der Waals surface area (Å²) < 4.78 is 126. The number of carbonyl (C=O) groups excluding carboxylic acids is 2. The minimum Gasteiger partial charge on any atom is -0.444 e. The molecule has 2 aromatic rings. The molecular weight excluding hydrogens is 830 g/mol. The minimum atomic E-state index is -3.67. The van der Waals surface area contributed by atoms with E-state index in [1.165, 1.54) is 0 Å². The first kappa shape index (κ1) is 55.5. The van der Waals surface area contributed by atoms with Crippen LogP contribution in [0.3, 0.4) is 0 Å². The number of nitrogens with zero attached hydrogens (tertiary/aromatic N) is 4. The van der Waals surface area contributed by atoms with Gasteiger partial charge >= 0.3 is 19.7 Å². The second kappa shape index (κ2) is 24.7. The molecule has 0 aromatic heterocycles. The Morgan fingerprint density at radius 3 is 1.38 bits per heavy atom. The highest BCUT2D eigenvalue weighted by Gasteiger charge is 2.41. The van der Waals surface area contributed by atoms with Crippen LogP contribution in [0.1, 0.15) is 91.2 Å². The lowest BCUT2D eigenvalue weighted by Gasteiger charge is -2.26. The maximum Gasteiger partial charge on any atom is 0.762 e. The van der Waals surface area contributed by atoms with Gasteiger partial charge in [0, 0.05) is 61.4 Å². The lowest BCUT2D eigenvalue weighted by molar-refractivity contribution is -0.0129. The van der Waals surface area contributed by atoms with Crippen molar-refractivity contribution in [3.63, 3.8) is 0 Å². The van der Waals surface area contributed by atoms with Crippen LogP contribution in [-0.4, -0.2) is 92.5 Å². The molecule has 0 spiro atoms. The van der Waals surface area contributed by atoms with E-state index in [0.29, 0.717) is 12.1 Å². The maximum absolute atomic E-state index is 13.9. The number of amides is 2. The molecule has 336 valence electrons. The molecule has 0 aliphatic carbocycles. The Bertz CT molecular complexity index is 1780. The highest BCUT2D eigenvalue weighted by atomic mass is 28.3. The zero-order valence-corrected chi connectivity index (χ0v) is 36.6. The summed E-state index contributed by atoms with van der Waals surface area (Å²) in [6.07, 6.45) is -2.81. The largest absolute Gasteiger partial charge is 0.762 e. The minimum absolute atomic E-state index is 0.0209. The fourth-order valence-electron chi connectivity index (χ4n) is 5.27. The fraction of sp³-hybridized carbons (Fsp3) is 0.590. The second-order valence-corrected chi connectivity index (χ2v) is 20.9. The number of aliphatic hydroxyl groups excluding tert-OH is 1. The van der Waals surface area contributed by atoms with Crippen LogP contribution in [0.4, 0.5) is 48.9 Å². The summed E-state index contributed by atoms with van der Waals surface area (Å²) in [5.41, 5.74) is -0.164. The topological polar surface area (TPSA) is 136 Å². The Labute approximate surface area is 347 Å². The van der Waals surface area contributed by atoms with Crippen molar-refractivity contribution in [2.75, 3.05) is 26.3 Å². The van der Waals surface area contributed by atoms with E-state index in [9.17, 15) is 59.2 Å². The number of likely N-dealkylation sites (tertiary alicyclic amines) is 2. The molecule has 1 N–H and O–H groups in total. The van der Waals surface area contributed by atoms with Gasteiger partial charge in [-0.2, -0.15) is 5.26 Å². The molecule has 4 rings (SSSR count). The van der Waals surface area contributed by atoms with E-state index < -0.39 is 109 Å². The normalized spacial score (nSPS) is 18.4. The molecule has 2 aliphatic rings. The average molecular weight is 885 g/mol. The van der Waals surface area contributed by atoms with Gasteiger partial charge in [0.15, 0.2) is 31.3 Å². The van der Waals surface area contributed by atoms with Crippen molar-refractivity contribution < 1.29 is 68.2 Å². The van der Waals surface area contributed by atoms with Crippen molar-refractivity contribution in [2.45, 2.75) is 123 Å². The van der Waals surface area contributed by atoms with E-state index in [2.05, 4.69) is 5.69 Å². The van der Waals surface area contributed by atoms with Crippen LogP contribution in [-0.2, 0) is 14.2 Å². The van der Waals surface area contributed by atoms with Crippen molar-refractivity contribution in [3.8, 4) is 11.8 Å². The number of hydrogen-bond acceptors (Lipinski definition) is 8. The molecule has 0 bridgehead atoms. The van der Waals surface area contributed by atoms with Crippen molar-refractivity contribution >= 4 is 27.8 Å². The van der Waals surface area contributed by atoms with E-state index in [1.807, 2.05) is 39.6 Å². The molecule has 2 unspecified atom stereocenters. The van der Waals surface area contributed by atoms with Gasteiger partial charge in [-0.1, -0.05) is 19.6 Å². The molecule has 2 amide bonds. The monoisotopic (exact) mass is 884 g/mol. The van der Waals surface area contributed by atoms with Gasteiger partial charge in [-0.05, 0) is 86.1 Å².